The lowest BCUT2D eigenvalue weighted by atomic mass is 10.2. The van der Waals surface area contributed by atoms with Crippen LogP contribution >= 0.6 is 11.6 Å². The molecule has 0 radical (unpaired) electrons. The zero-order chi connectivity index (χ0) is 13.1. The lowest BCUT2D eigenvalue weighted by molar-refractivity contribution is 1.11. The highest BCUT2D eigenvalue weighted by Crippen LogP contribution is 2.15. The molecule has 6 heteroatoms. The van der Waals surface area contributed by atoms with Gasteiger partial charge in [-0.15, -0.1) is 0 Å². The van der Waals surface area contributed by atoms with Gasteiger partial charge in [0.25, 0.3) is 0 Å². The van der Waals surface area contributed by atoms with Gasteiger partial charge in [0.2, 0.25) is 5.95 Å². The van der Waals surface area contributed by atoms with Crippen LogP contribution < -0.4 is 11.5 Å². The monoisotopic (exact) mass is 259 g/mol. The van der Waals surface area contributed by atoms with Crippen molar-refractivity contribution in [3.05, 3.63) is 40.3 Å². The molecule has 0 amide bonds. The SMILES string of the molecule is Cc1nc(N)nc(Cl)c1C#Cc1ccc(N)nc1. The molecule has 0 aliphatic rings. The van der Waals surface area contributed by atoms with Gasteiger partial charge in [0.15, 0.2) is 5.15 Å². The number of hydrogen-bond acceptors (Lipinski definition) is 5. The van der Waals surface area contributed by atoms with Gasteiger partial charge in [-0.25, -0.2) is 9.97 Å². The minimum Gasteiger partial charge on any atom is -0.384 e. The van der Waals surface area contributed by atoms with Crippen LogP contribution in [0.1, 0.15) is 16.8 Å². The predicted octanol–water partition coefficient (Wildman–Crippen LogP) is 1.40. The van der Waals surface area contributed by atoms with Crippen LogP contribution in [0.5, 0.6) is 0 Å². The molecule has 0 saturated carbocycles. The van der Waals surface area contributed by atoms with E-state index >= 15 is 0 Å². The molecule has 2 aromatic heterocycles. The molecule has 0 bridgehead atoms. The van der Waals surface area contributed by atoms with E-state index < -0.39 is 0 Å². The topological polar surface area (TPSA) is 90.7 Å². The molecule has 2 heterocycles. The Kier molecular flexibility index (Phi) is 3.31. The minimum atomic E-state index is 0.136. The maximum Gasteiger partial charge on any atom is 0.221 e. The van der Waals surface area contributed by atoms with E-state index in [0.717, 1.165) is 5.56 Å². The number of halogens is 1. The van der Waals surface area contributed by atoms with E-state index in [0.29, 0.717) is 17.1 Å². The van der Waals surface area contributed by atoms with Crippen LogP contribution in [-0.4, -0.2) is 15.0 Å². The number of nitrogens with two attached hydrogens (primary N) is 2. The summed E-state index contributed by atoms with van der Waals surface area (Å²) >= 11 is 5.96. The van der Waals surface area contributed by atoms with E-state index in [4.69, 9.17) is 23.1 Å². The van der Waals surface area contributed by atoms with Gasteiger partial charge in [0, 0.05) is 11.8 Å². The maximum absolute atomic E-state index is 5.96. The first-order valence-electron chi connectivity index (χ1n) is 5.09. The van der Waals surface area contributed by atoms with E-state index in [9.17, 15) is 0 Å². The number of pyridine rings is 1. The Morgan fingerprint density at radius 3 is 2.56 bits per heavy atom. The minimum absolute atomic E-state index is 0.136. The van der Waals surface area contributed by atoms with Gasteiger partial charge in [-0.05, 0) is 19.1 Å². The summed E-state index contributed by atoms with van der Waals surface area (Å²) in [7, 11) is 0. The van der Waals surface area contributed by atoms with Crippen molar-refractivity contribution in [2.45, 2.75) is 6.92 Å². The molecule has 18 heavy (non-hydrogen) atoms. The van der Waals surface area contributed by atoms with Crippen LogP contribution in [0.3, 0.4) is 0 Å². The molecule has 0 aliphatic carbocycles. The number of aryl methyl sites for hydroxylation is 1. The van der Waals surface area contributed by atoms with E-state index in [1.807, 2.05) is 0 Å². The fourth-order valence-electron chi connectivity index (χ4n) is 1.31. The van der Waals surface area contributed by atoms with Crippen molar-refractivity contribution >= 4 is 23.4 Å². The van der Waals surface area contributed by atoms with E-state index in [-0.39, 0.29) is 11.1 Å². The Labute approximate surface area is 109 Å². The fraction of sp³-hybridized carbons (Fsp3) is 0.0833. The molecule has 0 fully saturated rings. The number of hydrogen-bond donors (Lipinski definition) is 2. The zero-order valence-electron chi connectivity index (χ0n) is 9.61. The molecule has 2 aromatic rings. The summed E-state index contributed by atoms with van der Waals surface area (Å²) < 4.78 is 0. The quantitative estimate of drug-likeness (QED) is 0.551. The Morgan fingerprint density at radius 1 is 1.17 bits per heavy atom. The van der Waals surface area contributed by atoms with Crippen LogP contribution in [0, 0.1) is 18.8 Å². The Balaban J connectivity index is 2.38. The van der Waals surface area contributed by atoms with Crippen molar-refractivity contribution in [2.24, 2.45) is 0 Å². The Morgan fingerprint density at radius 2 is 1.94 bits per heavy atom. The summed E-state index contributed by atoms with van der Waals surface area (Å²) in [4.78, 5) is 11.8. The molecule has 0 unspecified atom stereocenters. The first-order valence-corrected chi connectivity index (χ1v) is 5.47. The number of nitrogens with zero attached hydrogens (tertiary/aromatic N) is 3. The van der Waals surface area contributed by atoms with E-state index in [2.05, 4.69) is 26.8 Å². The Bertz CT molecular complexity index is 617. The normalized spacial score (nSPS) is 9.67. The summed E-state index contributed by atoms with van der Waals surface area (Å²) in [5.74, 6) is 6.40. The highest BCUT2D eigenvalue weighted by Gasteiger charge is 2.05. The summed E-state index contributed by atoms with van der Waals surface area (Å²) in [6, 6.07) is 3.45. The second-order valence-corrected chi connectivity index (χ2v) is 3.91. The third-order valence-electron chi connectivity index (χ3n) is 2.18. The summed E-state index contributed by atoms with van der Waals surface area (Å²) in [6.07, 6.45) is 1.59. The predicted molar refractivity (Wildman–Crippen MR) is 70.8 cm³/mol. The van der Waals surface area contributed by atoms with Gasteiger partial charge in [-0.3, -0.25) is 0 Å². The van der Waals surface area contributed by atoms with E-state index in [1.165, 1.54) is 0 Å². The molecule has 90 valence electrons. The average Bonchev–Trinajstić information content (AvgIpc) is 2.30. The second-order valence-electron chi connectivity index (χ2n) is 3.55. The highest BCUT2D eigenvalue weighted by molar-refractivity contribution is 6.30. The van der Waals surface area contributed by atoms with Crippen molar-refractivity contribution in [2.75, 3.05) is 11.5 Å². The molecule has 0 aromatic carbocycles. The van der Waals surface area contributed by atoms with Crippen molar-refractivity contribution < 1.29 is 0 Å². The Hall–Kier alpha value is -2.32. The largest absolute Gasteiger partial charge is 0.384 e. The molecule has 4 N–H and O–H groups in total. The van der Waals surface area contributed by atoms with Crippen LogP contribution in [0.2, 0.25) is 5.15 Å². The fourth-order valence-corrected chi connectivity index (χ4v) is 1.58. The highest BCUT2D eigenvalue weighted by atomic mass is 35.5. The van der Waals surface area contributed by atoms with E-state index in [1.54, 1.807) is 25.3 Å². The lowest BCUT2D eigenvalue weighted by Gasteiger charge is -2.00. The maximum atomic E-state index is 5.96. The number of aromatic nitrogens is 3. The first kappa shape index (κ1) is 12.1. The second kappa shape index (κ2) is 4.90. The standard InChI is InChI=1S/C12H10ClN5/c1-7-9(11(13)18-12(15)17-7)4-2-8-3-5-10(14)16-6-8/h3,5-6H,1H3,(H2,14,16)(H2,15,17,18). The molecular weight excluding hydrogens is 250 g/mol. The number of rotatable bonds is 0. The van der Waals surface area contributed by atoms with Gasteiger partial charge in [-0.2, -0.15) is 4.98 Å². The third kappa shape index (κ3) is 2.67. The van der Waals surface area contributed by atoms with Crippen LogP contribution in [0.15, 0.2) is 18.3 Å². The number of anilines is 2. The average molecular weight is 260 g/mol. The van der Waals surface area contributed by atoms with Crippen molar-refractivity contribution in [3.63, 3.8) is 0 Å². The third-order valence-corrected chi connectivity index (χ3v) is 2.45. The smallest absolute Gasteiger partial charge is 0.221 e. The number of nitrogen functional groups attached to an aromatic ring is 2. The summed E-state index contributed by atoms with van der Waals surface area (Å²) in [6.45, 7) is 1.77. The molecule has 0 spiro atoms. The molecule has 0 atom stereocenters. The molecule has 2 rings (SSSR count). The van der Waals surface area contributed by atoms with Crippen LogP contribution in [0.4, 0.5) is 11.8 Å². The molecular formula is C12H10ClN5. The van der Waals surface area contributed by atoms with Gasteiger partial charge < -0.3 is 11.5 Å². The molecule has 0 aliphatic heterocycles. The first-order chi connectivity index (χ1) is 8.56. The van der Waals surface area contributed by atoms with Crippen molar-refractivity contribution in [3.8, 4) is 11.8 Å². The van der Waals surface area contributed by atoms with Gasteiger partial charge >= 0.3 is 0 Å². The van der Waals surface area contributed by atoms with Gasteiger partial charge in [0.1, 0.15) is 5.82 Å². The summed E-state index contributed by atoms with van der Waals surface area (Å²) in [5.41, 5.74) is 12.9. The zero-order valence-corrected chi connectivity index (χ0v) is 10.4. The molecule has 0 saturated heterocycles. The van der Waals surface area contributed by atoms with Crippen molar-refractivity contribution in [1.82, 2.24) is 15.0 Å². The van der Waals surface area contributed by atoms with Crippen LogP contribution in [0.25, 0.3) is 0 Å². The van der Waals surface area contributed by atoms with Crippen molar-refractivity contribution in [1.29, 1.82) is 0 Å². The summed E-state index contributed by atoms with van der Waals surface area (Å²) in [5, 5.41) is 0.246. The van der Waals surface area contributed by atoms with Gasteiger partial charge in [0.05, 0.1) is 11.3 Å². The van der Waals surface area contributed by atoms with Gasteiger partial charge in [-0.1, -0.05) is 23.4 Å². The van der Waals surface area contributed by atoms with Crippen LogP contribution in [-0.2, 0) is 0 Å². The lowest BCUT2D eigenvalue weighted by Crippen LogP contribution is -2.00. The molecule has 5 nitrogen and oxygen atoms in total.